The number of carbonyl (C=O) groups is 2. The first-order chi connectivity index (χ1) is 15.3. The van der Waals surface area contributed by atoms with Gasteiger partial charge in [-0.3, -0.25) is 14.8 Å². The van der Waals surface area contributed by atoms with Crippen molar-refractivity contribution in [3.05, 3.63) is 77.4 Å². The summed E-state index contributed by atoms with van der Waals surface area (Å²) in [6.45, 7) is 1.97. The molecule has 0 saturated carbocycles. The minimum atomic E-state index is -4.36. The molecular weight excluding hydrogens is 459 g/mol. The van der Waals surface area contributed by atoms with Crippen LogP contribution in [0.4, 0.5) is 18.9 Å². The molecule has 1 heterocycles. The van der Waals surface area contributed by atoms with Crippen molar-refractivity contribution in [2.75, 3.05) is 31.1 Å². The Morgan fingerprint density at radius 3 is 2.03 bits per heavy atom. The molecule has 0 aliphatic carbocycles. The van der Waals surface area contributed by atoms with Crippen LogP contribution in [0.3, 0.4) is 0 Å². The van der Waals surface area contributed by atoms with Crippen LogP contribution >= 0.6 is 12.4 Å². The van der Waals surface area contributed by atoms with Gasteiger partial charge in [0.15, 0.2) is 0 Å². The van der Waals surface area contributed by atoms with Gasteiger partial charge in [-0.2, -0.15) is 13.2 Å². The average molecular weight is 482 g/mol. The maximum absolute atomic E-state index is 12.7. The Hall–Kier alpha value is -3.30. The number of carbonyl (C=O) groups excluding carboxylic acids is 2. The number of rotatable bonds is 5. The van der Waals surface area contributed by atoms with Crippen LogP contribution in [0.25, 0.3) is 12.2 Å². The fraction of sp³-hybridized carbons (Fsp3) is 0.217. The van der Waals surface area contributed by atoms with Crippen molar-refractivity contribution in [2.24, 2.45) is 0 Å². The molecule has 10 heteroatoms. The summed E-state index contributed by atoms with van der Waals surface area (Å²) in [5, 5.41) is 8.51. The van der Waals surface area contributed by atoms with Crippen LogP contribution in [-0.2, 0) is 15.8 Å². The Labute approximate surface area is 195 Å². The van der Waals surface area contributed by atoms with E-state index in [0.29, 0.717) is 31.9 Å². The smallest absolute Gasteiger partial charge is 0.368 e. The highest BCUT2D eigenvalue weighted by Crippen LogP contribution is 2.30. The van der Waals surface area contributed by atoms with E-state index in [9.17, 15) is 22.8 Å². The third kappa shape index (κ3) is 7.37. The Kier molecular flexibility index (Phi) is 9.07. The minimum Gasteiger partial charge on any atom is -0.368 e. The highest BCUT2D eigenvalue weighted by atomic mass is 35.5. The van der Waals surface area contributed by atoms with E-state index in [0.717, 1.165) is 23.3 Å². The second-order valence-corrected chi connectivity index (χ2v) is 7.17. The average Bonchev–Trinajstić information content (AvgIpc) is 2.81. The molecule has 2 amide bonds. The Morgan fingerprint density at radius 1 is 0.909 bits per heavy atom. The number of halogens is 4. The normalized spacial score (nSPS) is 14.4. The van der Waals surface area contributed by atoms with Gasteiger partial charge in [0.2, 0.25) is 5.91 Å². The largest absolute Gasteiger partial charge is 0.416 e. The number of anilines is 1. The van der Waals surface area contributed by atoms with E-state index in [1.807, 2.05) is 11.0 Å². The quantitative estimate of drug-likeness (QED) is 0.384. The van der Waals surface area contributed by atoms with Gasteiger partial charge in [0.25, 0.3) is 5.91 Å². The van der Waals surface area contributed by atoms with Crippen molar-refractivity contribution in [3.8, 4) is 0 Å². The number of amides is 2. The van der Waals surface area contributed by atoms with Gasteiger partial charge >= 0.3 is 6.18 Å². The molecule has 33 heavy (non-hydrogen) atoms. The standard InChI is InChI=1S/C23H22F3N3O3.ClH/c24-23(25,26)19-6-8-20(9-7-19)28-12-14-29(15-13-28)22(31)11-5-18-3-1-2-17(16-18)4-10-21(30)27-32;/h1-11,16,32H,12-15H2,(H,27,30);1H. The predicted octanol–water partition coefficient (Wildman–Crippen LogP) is 4.01. The molecule has 6 nitrogen and oxygen atoms in total. The predicted molar refractivity (Wildman–Crippen MR) is 122 cm³/mol. The van der Waals surface area contributed by atoms with E-state index >= 15 is 0 Å². The zero-order chi connectivity index (χ0) is 23.1. The maximum Gasteiger partial charge on any atom is 0.416 e. The van der Waals surface area contributed by atoms with Crippen molar-refractivity contribution in [1.82, 2.24) is 10.4 Å². The molecule has 0 bridgehead atoms. The maximum atomic E-state index is 12.7. The van der Waals surface area contributed by atoms with Crippen LogP contribution in [0, 0.1) is 0 Å². The zero-order valence-electron chi connectivity index (χ0n) is 17.5. The summed E-state index contributed by atoms with van der Waals surface area (Å²) in [5.74, 6) is -0.797. The van der Waals surface area contributed by atoms with Crippen molar-refractivity contribution in [2.45, 2.75) is 6.18 Å². The van der Waals surface area contributed by atoms with Crippen LogP contribution in [0.1, 0.15) is 16.7 Å². The number of piperazine rings is 1. The first-order valence-corrected chi connectivity index (χ1v) is 9.88. The van der Waals surface area contributed by atoms with E-state index < -0.39 is 17.6 Å². The number of hydroxylamine groups is 1. The topological polar surface area (TPSA) is 72.9 Å². The van der Waals surface area contributed by atoms with Gasteiger partial charge in [-0.15, -0.1) is 12.4 Å². The van der Waals surface area contributed by atoms with Gasteiger partial charge in [0.05, 0.1) is 5.56 Å². The van der Waals surface area contributed by atoms with E-state index in [-0.39, 0.29) is 18.3 Å². The Balaban J connectivity index is 0.00000385. The molecule has 0 unspecified atom stereocenters. The van der Waals surface area contributed by atoms with Gasteiger partial charge in [-0.25, -0.2) is 5.48 Å². The van der Waals surface area contributed by atoms with Gasteiger partial charge in [0.1, 0.15) is 0 Å². The third-order valence-electron chi connectivity index (χ3n) is 5.02. The van der Waals surface area contributed by atoms with Crippen LogP contribution in [0.2, 0.25) is 0 Å². The molecule has 0 aromatic heterocycles. The van der Waals surface area contributed by atoms with E-state index in [1.165, 1.54) is 35.8 Å². The molecule has 1 fully saturated rings. The molecular formula is C23H23ClF3N3O3. The summed E-state index contributed by atoms with van der Waals surface area (Å²) >= 11 is 0. The summed E-state index contributed by atoms with van der Waals surface area (Å²) in [4.78, 5) is 27.2. The fourth-order valence-corrected chi connectivity index (χ4v) is 3.29. The number of nitrogens with zero attached hydrogens (tertiary/aromatic N) is 2. The first kappa shape index (κ1) is 26.0. The van der Waals surface area contributed by atoms with Crippen LogP contribution in [-0.4, -0.2) is 48.1 Å². The number of benzene rings is 2. The zero-order valence-corrected chi connectivity index (χ0v) is 18.3. The Morgan fingerprint density at radius 2 is 1.48 bits per heavy atom. The number of alkyl halides is 3. The summed E-state index contributed by atoms with van der Waals surface area (Å²) in [7, 11) is 0. The SMILES string of the molecule is Cl.O=C(C=Cc1cccc(C=CC(=O)N2CCN(c3ccc(C(F)(F)F)cc3)CC2)c1)NO. The molecule has 0 spiro atoms. The van der Waals surface area contributed by atoms with Crippen LogP contribution in [0.5, 0.6) is 0 Å². The fourth-order valence-electron chi connectivity index (χ4n) is 3.29. The van der Waals surface area contributed by atoms with E-state index in [2.05, 4.69) is 0 Å². The van der Waals surface area contributed by atoms with E-state index in [1.54, 1.807) is 29.2 Å². The second-order valence-electron chi connectivity index (χ2n) is 7.17. The lowest BCUT2D eigenvalue weighted by Gasteiger charge is -2.35. The lowest BCUT2D eigenvalue weighted by molar-refractivity contribution is -0.137. The number of hydrogen-bond acceptors (Lipinski definition) is 4. The molecule has 1 saturated heterocycles. The molecule has 176 valence electrons. The van der Waals surface area contributed by atoms with E-state index in [4.69, 9.17) is 5.21 Å². The summed E-state index contributed by atoms with van der Waals surface area (Å²) in [6, 6.07) is 12.2. The van der Waals surface area contributed by atoms with Gasteiger partial charge in [0, 0.05) is 44.0 Å². The molecule has 1 aliphatic rings. The van der Waals surface area contributed by atoms with Crippen LogP contribution in [0.15, 0.2) is 60.7 Å². The van der Waals surface area contributed by atoms with Crippen molar-refractivity contribution < 1.29 is 28.0 Å². The van der Waals surface area contributed by atoms with Crippen LogP contribution < -0.4 is 10.4 Å². The third-order valence-corrected chi connectivity index (χ3v) is 5.02. The molecule has 1 aliphatic heterocycles. The summed E-state index contributed by atoms with van der Waals surface area (Å²) in [5.41, 5.74) is 3.02. The molecule has 2 N–H and O–H groups in total. The molecule has 2 aromatic carbocycles. The molecule has 0 radical (unpaired) electrons. The summed E-state index contributed by atoms with van der Waals surface area (Å²) < 4.78 is 38.1. The lowest BCUT2D eigenvalue weighted by Crippen LogP contribution is -2.48. The Bertz CT molecular complexity index is 1020. The lowest BCUT2D eigenvalue weighted by atomic mass is 10.1. The number of nitrogens with one attached hydrogen (secondary N) is 1. The van der Waals surface area contributed by atoms with Crippen molar-refractivity contribution in [1.29, 1.82) is 0 Å². The molecule has 3 rings (SSSR count). The highest BCUT2D eigenvalue weighted by Gasteiger charge is 2.30. The van der Waals surface area contributed by atoms with Crippen molar-refractivity contribution >= 4 is 42.1 Å². The highest BCUT2D eigenvalue weighted by molar-refractivity contribution is 5.92. The number of hydrogen-bond donors (Lipinski definition) is 2. The van der Waals surface area contributed by atoms with Gasteiger partial charge in [-0.05, 0) is 53.6 Å². The van der Waals surface area contributed by atoms with Gasteiger partial charge in [-0.1, -0.05) is 18.2 Å². The first-order valence-electron chi connectivity index (χ1n) is 9.88. The minimum absolute atomic E-state index is 0. The molecule has 0 atom stereocenters. The molecule has 2 aromatic rings. The summed E-state index contributed by atoms with van der Waals surface area (Å²) in [6.07, 6.45) is 1.50. The van der Waals surface area contributed by atoms with Gasteiger partial charge < -0.3 is 9.80 Å². The van der Waals surface area contributed by atoms with Crippen molar-refractivity contribution in [3.63, 3.8) is 0 Å². The monoisotopic (exact) mass is 481 g/mol. The second kappa shape index (κ2) is 11.5.